The van der Waals surface area contributed by atoms with Crippen LogP contribution in [0, 0.1) is 0 Å². The molecule has 6 heteroatoms. The van der Waals surface area contributed by atoms with Gasteiger partial charge in [-0.25, -0.2) is 9.97 Å². The lowest BCUT2D eigenvalue weighted by Gasteiger charge is -2.22. The van der Waals surface area contributed by atoms with Gasteiger partial charge in [-0.05, 0) is 83.3 Å². The second kappa shape index (κ2) is 10.2. The first kappa shape index (κ1) is 29.1. The topological polar surface area (TPSA) is 59.8 Å². The third-order valence-electron chi connectivity index (χ3n) is 10.9. The van der Waals surface area contributed by atoms with Crippen LogP contribution in [-0.4, -0.2) is 28.4 Å². The molecule has 248 valence electrons. The van der Waals surface area contributed by atoms with E-state index in [9.17, 15) is 5.11 Å². The Morgan fingerprint density at radius 1 is 0.558 bits per heavy atom. The lowest BCUT2D eigenvalue weighted by atomic mass is 9.85. The van der Waals surface area contributed by atoms with E-state index < -0.39 is 0 Å². The van der Waals surface area contributed by atoms with E-state index in [-0.39, 0.29) is 11.2 Å². The highest BCUT2D eigenvalue weighted by Crippen LogP contribution is 2.42. The van der Waals surface area contributed by atoms with Crippen LogP contribution < -0.4 is 0 Å². The number of fused-ring (bicyclic) bond motifs is 13. The molecule has 0 aliphatic rings. The smallest absolute Gasteiger partial charge is 0.151 e. The highest BCUT2D eigenvalue weighted by atomic mass is 16.3. The van der Waals surface area contributed by atoms with Crippen molar-refractivity contribution in [3.8, 4) is 22.6 Å². The predicted octanol–water partition coefficient (Wildman–Crippen LogP) is 11.4. The molecule has 5 heterocycles. The quantitative estimate of drug-likeness (QED) is 0.199. The van der Waals surface area contributed by atoms with Crippen molar-refractivity contribution in [1.82, 2.24) is 23.3 Å². The van der Waals surface area contributed by atoms with Gasteiger partial charge in [-0.15, -0.1) is 0 Å². The minimum absolute atomic E-state index is 0.121. The second-order valence-electron chi connectivity index (χ2n) is 14.9. The van der Waals surface area contributed by atoms with E-state index in [2.05, 4.69) is 149 Å². The number of aromatic nitrogens is 5. The van der Waals surface area contributed by atoms with Crippen LogP contribution in [0.15, 0.2) is 140 Å². The number of rotatable bonds is 2. The molecular formula is C46H33N5O. The highest BCUT2D eigenvalue weighted by molar-refractivity contribution is 6.20. The highest BCUT2D eigenvalue weighted by Gasteiger charge is 2.24. The molecule has 0 unspecified atom stereocenters. The maximum Gasteiger partial charge on any atom is 0.151 e. The van der Waals surface area contributed by atoms with Crippen molar-refractivity contribution in [1.29, 1.82) is 0 Å². The molecule has 52 heavy (non-hydrogen) atoms. The number of imidazole rings is 1. The maximum absolute atomic E-state index is 11.7. The molecule has 6 aromatic carbocycles. The molecule has 0 atom stereocenters. The van der Waals surface area contributed by atoms with Crippen LogP contribution in [0.4, 0.5) is 0 Å². The summed E-state index contributed by atoms with van der Waals surface area (Å²) in [5.74, 6) is 0.207. The van der Waals surface area contributed by atoms with Crippen molar-refractivity contribution in [2.75, 3.05) is 0 Å². The largest absolute Gasteiger partial charge is 0.507 e. The third kappa shape index (κ3) is 3.83. The van der Waals surface area contributed by atoms with Gasteiger partial charge < -0.3 is 9.51 Å². The van der Waals surface area contributed by atoms with E-state index in [0.717, 1.165) is 88.3 Å². The van der Waals surface area contributed by atoms with Gasteiger partial charge in [0, 0.05) is 39.0 Å². The zero-order chi connectivity index (χ0) is 34.9. The zero-order valence-electron chi connectivity index (χ0n) is 29.0. The van der Waals surface area contributed by atoms with Crippen molar-refractivity contribution in [2.24, 2.45) is 0 Å². The summed E-state index contributed by atoms with van der Waals surface area (Å²) >= 11 is 0. The zero-order valence-corrected chi connectivity index (χ0v) is 29.0. The van der Waals surface area contributed by atoms with E-state index in [1.54, 1.807) is 0 Å². The lowest BCUT2D eigenvalue weighted by Crippen LogP contribution is -2.12. The molecule has 0 fully saturated rings. The molecule has 1 N–H and O–H groups in total. The molecule has 11 rings (SSSR count). The Morgan fingerprint density at radius 3 is 2.02 bits per heavy atom. The van der Waals surface area contributed by atoms with Gasteiger partial charge in [0.15, 0.2) is 5.65 Å². The lowest BCUT2D eigenvalue weighted by molar-refractivity contribution is 0.482. The van der Waals surface area contributed by atoms with Crippen molar-refractivity contribution < 1.29 is 5.11 Å². The number of pyridine rings is 1. The number of nitrogens with zero attached hydrogens (tertiary/aromatic N) is 5. The molecule has 0 spiro atoms. The van der Waals surface area contributed by atoms with Crippen LogP contribution in [0.25, 0.3) is 93.7 Å². The number of phenolic OH excluding ortho intramolecular Hbond substituents is 1. The maximum atomic E-state index is 11.7. The fraction of sp³-hybridized carbons (Fsp3) is 0.0870. The van der Waals surface area contributed by atoms with Gasteiger partial charge in [0.25, 0.3) is 0 Å². The number of hydrogen-bond donors (Lipinski definition) is 1. The predicted molar refractivity (Wildman–Crippen MR) is 214 cm³/mol. The number of para-hydroxylation sites is 5. The summed E-state index contributed by atoms with van der Waals surface area (Å²) in [4.78, 5) is 10.4. The van der Waals surface area contributed by atoms with Crippen LogP contribution in [0.3, 0.4) is 0 Å². The molecular weight excluding hydrogens is 639 g/mol. The van der Waals surface area contributed by atoms with Crippen molar-refractivity contribution in [2.45, 2.75) is 26.2 Å². The molecule has 0 bridgehead atoms. The summed E-state index contributed by atoms with van der Waals surface area (Å²) in [6.45, 7) is 6.79. The Bertz CT molecular complexity index is 3250. The molecule has 0 saturated heterocycles. The molecule has 0 saturated carbocycles. The van der Waals surface area contributed by atoms with Crippen molar-refractivity contribution in [3.63, 3.8) is 0 Å². The van der Waals surface area contributed by atoms with Gasteiger partial charge in [-0.3, -0.25) is 8.97 Å². The number of benzene rings is 6. The van der Waals surface area contributed by atoms with Crippen LogP contribution in [0.5, 0.6) is 5.75 Å². The Hall–Kier alpha value is -6.66. The van der Waals surface area contributed by atoms with Crippen LogP contribution in [-0.2, 0) is 5.41 Å². The summed E-state index contributed by atoms with van der Waals surface area (Å²) in [5.41, 5.74) is 13.0. The van der Waals surface area contributed by atoms with Crippen molar-refractivity contribution >= 4 is 76.8 Å². The molecule has 6 nitrogen and oxygen atoms in total. The summed E-state index contributed by atoms with van der Waals surface area (Å²) in [6.07, 6.45) is 1.87. The minimum Gasteiger partial charge on any atom is -0.507 e. The summed E-state index contributed by atoms with van der Waals surface area (Å²) in [5, 5.41) is 17.0. The fourth-order valence-electron chi connectivity index (χ4n) is 8.49. The Morgan fingerprint density at radius 2 is 1.23 bits per heavy atom. The average Bonchev–Trinajstić information content (AvgIpc) is 3.79. The molecule has 5 aromatic heterocycles. The number of aromatic hydroxyl groups is 1. The van der Waals surface area contributed by atoms with E-state index in [1.807, 2.05) is 24.4 Å². The summed E-state index contributed by atoms with van der Waals surface area (Å²) < 4.78 is 6.81. The van der Waals surface area contributed by atoms with Gasteiger partial charge in [-0.1, -0.05) is 87.5 Å². The first-order valence-corrected chi connectivity index (χ1v) is 17.7. The van der Waals surface area contributed by atoms with Gasteiger partial charge in [-0.2, -0.15) is 0 Å². The molecule has 0 amide bonds. The van der Waals surface area contributed by atoms with E-state index in [0.29, 0.717) is 0 Å². The minimum atomic E-state index is -0.121. The van der Waals surface area contributed by atoms with E-state index in [4.69, 9.17) is 9.97 Å². The summed E-state index contributed by atoms with van der Waals surface area (Å²) in [7, 11) is 0. The van der Waals surface area contributed by atoms with E-state index >= 15 is 0 Å². The van der Waals surface area contributed by atoms with Crippen molar-refractivity contribution in [3.05, 3.63) is 145 Å². The standard InChI is InChI=1S/C46H33N5O/c1-46(2,3)28-24-27(25-29(26-28)49-35-16-6-5-13-32(35)34-15-11-23-47-44(34)49)30-14-10-20-39-42(30)48-45-41-40(52)22-21-33-31-12-4-7-17-36(31)50(43(33)41)37-18-8-9-19-38(37)51(39)45/h4-26,52H,1-3H3. The summed E-state index contributed by atoms with van der Waals surface area (Å²) in [6, 6.07) is 46.8. The third-order valence-corrected chi connectivity index (χ3v) is 10.9. The van der Waals surface area contributed by atoms with E-state index in [1.165, 1.54) is 10.9 Å². The number of phenols is 1. The molecule has 0 aliphatic heterocycles. The Kier molecular flexibility index (Phi) is 5.71. The van der Waals surface area contributed by atoms with Crippen LogP contribution in [0.2, 0.25) is 0 Å². The first-order valence-electron chi connectivity index (χ1n) is 17.7. The first-order chi connectivity index (χ1) is 25.4. The van der Waals surface area contributed by atoms with Gasteiger partial charge in [0.2, 0.25) is 0 Å². The normalized spacial score (nSPS) is 12.6. The van der Waals surface area contributed by atoms with Crippen LogP contribution >= 0.6 is 0 Å². The van der Waals surface area contributed by atoms with Gasteiger partial charge in [0.1, 0.15) is 11.4 Å². The fourth-order valence-corrected chi connectivity index (χ4v) is 8.49. The Balaban J connectivity index is 1.29. The Labute approximate surface area is 298 Å². The van der Waals surface area contributed by atoms with Gasteiger partial charge >= 0.3 is 0 Å². The average molecular weight is 672 g/mol. The molecule has 11 aromatic rings. The molecule has 0 aliphatic carbocycles. The second-order valence-corrected chi connectivity index (χ2v) is 14.9. The van der Waals surface area contributed by atoms with Gasteiger partial charge in [0.05, 0.1) is 44.0 Å². The molecule has 0 radical (unpaired) electrons. The number of hydrogen-bond acceptors (Lipinski definition) is 3. The SMILES string of the molecule is CC(C)(C)c1cc(-c2cccc3c2nc2c4c(O)ccc5c6ccccc6n(c6ccccc6n32)c54)cc(-n2c3ccccc3c3cccnc32)c1. The van der Waals surface area contributed by atoms with Crippen LogP contribution in [0.1, 0.15) is 26.3 Å². The monoisotopic (exact) mass is 671 g/mol.